The van der Waals surface area contributed by atoms with Crippen molar-refractivity contribution in [3.8, 4) is 6.07 Å². The van der Waals surface area contributed by atoms with Crippen LogP contribution in [0.4, 0.5) is 0 Å². The van der Waals surface area contributed by atoms with Gasteiger partial charge in [-0.15, -0.1) is 0 Å². The molecule has 108 valence electrons. The molecule has 2 atom stereocenters. The summed E-state index contributed by atoms with van der Waals surface area (Å²) in [5.41, 5.74) is 7.03. The second kappa shape index (κ2) is 5.92. The van der Waals surface area contributed by atoms with E-state index in [0.717, 1.165) is 19.3 Å². The van der Waals surface area contributed by atoms with E-state index in [1.807, 2.05) is 6.07 Å². The Morgan fingerprint density at radius 2 is 2.15 bits per heavy atom. The van der Waals surface area contributed by atoms with Crippen LogP contribution < -0.4 is 10.5 Å². The molecule has 6 heteroatoms. The Balaban J connectivity index is 2.18. The van der Waals surface area contributed by atoms with E-state index in [1.165, 1.54) is 18.2 Å². The standard InChI is InChI=1S/C14H19N3O2S/c1-10-7-14(6-5-11(10)9-15)20(18,19)17-13-4-2-3-12(16)8-13/h5-7,12-13,17H,2-4,8,16H2,1H3. The number of aryl methyl sites for hydroxylation is 1. The molecule has 0 heterocycles. The maximum atomic E-state index is 12.3. The van der Waals surface area contributed by atoms with E-state index in [4.69, 9.17) is 11.0 Å². The molecule has 1 aliphatic carbocycles. The van der Waals surface area contributed by atoms with Crippen molar-refractivity contribution in [1.29, 1.82) is 5.26 Å². The molecule has 0 amide bonds. The van der Waals surface area contributed by atoms with Gasteiger partial charge in [0, 0.05) is 12.1 Å². The smallest absolute Gasteiger partial charge is 0.240 e. The number of nitrogens with two attached hydrogens (primary N) is 1. The van der Waals surface area contributed by atoms with E-state index in [2.05, 4.69) is 4.72 Å². The predicted octanol–water partition coefficient (Wildman–Crippen LogP) is 1.41. The Morgan fingerprint density at radius 3 is 2.75 bits per heavy atom. The van der Waals surface area contributed by atoms with E-state index in [0.29, 0.717) is 17.5 Å². The van der Waals surface area contributed by atoms with E-state index in [9.17, 15) is 8.42 Å². The Labute approximate surface area is 119 Å². The van der Waals surface area contributed by atoms with Gasteiger partial charge >= 0.3 is 0 Å². The fraction of sp³-hybridized carbons (Fsp3) is 0.500. The number of hydrogen-bond acceptors (Lipinski definition) is 4. The van der Waals surface area contributed by atoms with Crippen LogP contribution in [-0.4, -0.2) is 20.5 Å². The van der Waals surface area contributed by atoms with Gasteiger partial charge in [0.05, 0.1) is 16.5 Å². The summed E-state index contributed by atoms with van der Waals surface area (Å²) < 4.78 is 27.4. The second-order valence-corrected chi connectivity index (χ2v) is 7.05. The summed E-state index contributed by atoms with van der Waals surface area (Å²) in [6.45, 7) is 1.73. The largest absolute Gasteiger partial charge is 0.328 e. The number of hydrogen-bond donors (Lipinski definition) is 2. The fourth-order valence-corrected chi connectivity index (χ4v) is 3.92. The van der Waals surface area contributed by atoms with Crippen LogP contribution in [0.2, 0.25) is 0 Å². The van der Waals surface area contributed by atoms with Crippen molar-refractivity contribution < 1.29 is 8.42 Å². The molecule has 1 aliphatic rings. The first-order valence-corrected chi connectivity index (χ1v) is 8.19. The van der Waals surface area contributed by atoms with Crippen LogP contribution in [0.25, 0.3) is 0 Å². The van der Waals surface area contributed by atoms with Gasteiger partial charge in [-0.05, 0) is 49.9 Å². The van der Waals surface area contributed by atoms with E-state index in [-0.39, 0.29) is 17.0 Å². The molecule has 3 N–H and O–H groups in total. The van der Waals surface area contributed by atoms with Crippen molar-refractivity contribution in [3.63, 3.8) is 0 Å². The zero-order valence-corrected chi connectivity index (χ0v) is 12.3. The monoisotopic (exact) mass is 293 g/mol. The molecule has 1 aromatic rings. The lowest BCUT2D eigenvalue weighted by molar-refractivity contribution is 0.371. The van der Waals surface area contributed by atoms with Crippen molar-refractivity contribution in [1.82, 2.24) is 4.72 Å². The highest BCUT2D eigenvalue weighted by Gasteiger charge is 2.25. The number of nitriles is 1. The lowest BCUT2D eigenvalue weighted by atomic mass is 9.92. The van der Waals surface area contributed by atoms with Crippen molar-refractivity contribution in [3.05, 3.63) is 29.3 Å². The number of sulfonamides is 1. The Morgan fingerprint density at radius 1 is 1.40 bits per heavy atom. The van der Waals surface area contributed by atoms with Crippen LogP contribution in [-0.2, 0) is 10.0 Å². The molecule has 0 aliphatic heterocycles. The number of nitrogens with zero attached hydrogens (tertiary/aromatic N) is 1. The first kappa shape index (κ1) is 15.0. The fourth-order valence-electron chi connectivity index (χ4n) is 2.55. The van der Waals surface area contributed by atoms with Gasteiger partial charge in [-0.25, -0.2) is 13.1 Å². The molecule has 1 saturated carbocycles. The third-order valence-corrected chi connectivity index (χ3v) is 5.18. The van der Waals surface area contributed by atoms with Crippen LogP contribution in [0.5, 0.6) is 0 Å². The van der Waals surface area contributed by atoms with Gasteiger partial charge in [0.2, 0.25) is 10.0 Å². The van der Waals surface area contributed by atoms with Gasteiger partial charge in [0.15, 0.2) is 0 Å². The highest BCUT2D eigenvalue weighted by atomic mass is 32.2. The summed E-state index contributed by atoms with van der Waals surface area (Å²) in [6, 6.07) is 6.54. The Bertz CT molecular complexity index is 634. The van der Waals surface area contributed by atoms with E-state index in [1.54, 1.807) is 6.92 Å². The normalized spacial score (nSPS) is 23.2. The van der Waals surface area contributed by atoms with Crippen molar-refractivity contribution in [2.24, 2.45) is 5.73 Å². The summed E-state index contributed by atoms with van der Waals surface area (Å²) in [5, 5.41) is 8.87. The summed E-state index contributed by atoms with van der Waals surface area (Å²) in [6.07, 6.45) is 3.39. The molecule has 0 aromatic heterocycles. The number of nitrogens with one attached hydrogen (secondary N) is 1. The van der Waals surface area contributed by atoms with Crippen LogP contribution in [0, 0.1) is 18.3 Å². The van der Waals surface area contributed by atoms with Crippen LogP contribution >= 0.6 is 0 Å². The average Bonchev–Trinajstić information content (AvgIpc) is 2.38. The van der Waals surface area contributed by atoms with Crippen LogP contribution in [0.1, 0.15) is 36.8 Å². The van der Waals surface area contributed by atoms with E-state index >= 15 is 0 Å². The first-order chi connectivity index (χ1) is 9.42. The van der Waals surface area contributed by atoms with Crippen molar-refractivity contribution >= 4 is 10.0 Å². The van der Waals surface area contributed by atoms with Gasteiger partial charge in [0.1, 0.15) is 0 Å². The minimum atomic E-state index is -3.55. The highest BCUT2D eigenvalue weighted by Crippen LogP contribution is 2.20. The predicted molar refractivity (Wildman–Crippen MR) is 76.4 cm³/mol. The Hall–Kier alpha value is -1.42. The van der Waals surface area contributed by atoms with Crippen LogP contribution in [0.3, 0.4) is 0 Å². The molecule has 2 rings (SSSR count). The zero-order chi connectivity index (χ0) is 14.8. The van der Waals surface area contributed by atoms with Gasteiger partial charge in [-0.3, -0.25) is 0 Å². The lowest BCUT2D eigenvalue weighted by Crippen LogP contribution is -2.42. The van der Waals surface area contributed by atoms with Gasteiger partial charge < -0.3 is 5.73 Å². The molecule has 2 unspecified atom stereocenters. The molecule has 1 fully saturated rings. The number of benzene rings is 1. The quantitative estimate of drug-likeness (QED) is 0.880. The SMILES string of the molecule is Cc1cc(S(=O)(=O)NC2CCCC(N)C2)ccc1C#N. The molecular formula is C14H19N3O2S. The summed E-state index contributed by atoms with van der Waals surface area (Å²) in [4.78, 5) is 0.202. The lowest BCUT2D eigenvalue weighted by Gasteiger charge is -2.27. The second-order valence-electron chi connectivity index (χ2n) is 5.33. The molecule has 20 heavy (non-hydrogen) atoms. The van der Waals surface area contributed by atoms with Crippen molar-refractivity contribution in [2.75, 3.05) is 0 Å². The van der Waals surface area contributed by atoms with Gasteiger partial charge in [-0.1, -0.05) is 6.42 Å². The average molecular weight is 293 g/mol. The molecule has 0 saturated heterocycles. The number of rotatable bonds is 3. The molecule has 0 radical (unpaired) electrons. The van der Waals surface area contributed by atoms with Gasteiger partial charge in [-0.2, -0.15) is 5.26 Å². The minimum Gasteiger partial charge on any atom is -0.328 e. The molecule has 0 bridgehead atoms. The highest BCUT2D eigenvalue weighted by molar-refractivity contribution is 7.89. The summed E-state index contributed by atoms with van der Waals surface area (Å²) >= 11 is 0. The summed E-state index contributed by atoms with van der Waals surface area (Å²) in [7, 11) is -3.55. The molecule has 5 nitrogen and oxygen atoms in total. The molecular weight excluding hydrogens is 274 g/mol. The minimum absolute atomic E-state index is 0.0687. The third-order valence-electron chi connectivity index (χ3n) is 3.67. The molecule has 1 aromatic carbocycles. The van der Waals surface area contributed by atoms with Crippen molar-refractivity contribution in [2.45, 2.75) is 49.6 Å². The van der Waals surface area contributed by atoms with E-state index < -0.39 is 10.0 Å². The van der Waals surface area contributed by atoms with Crippen LogP contribution in [0.15, 0.2) is 23.1 Å². The molecule has 0 spiro atoms. The maximum Gasteiger partial charge on any atom is 0.240 e. The first-order valence-electron chi connectivity index (χ1n) is 6.71. The Kier molecular flexibility index (Phi) is 4.43. The van der Waals surface area contributed by atoms with Gasteiger partial charge in [0.25, 0.3) is 0 Å². The zero-order valence-electron chi connectivity index (χ0n) is 11.5. The maximum absolute atomic E-state index is 12.3. The summed E-state index contributed by atoms with van der Waals surface area (Å²) in [5.74, 6) is 0. The third kappa shape index (κ3) is 3.37. The topological polar surface area (TPSA) is 96.0 Å².